The van der Waals surface area contributed by atoms with E-state index in [4.69, 9.17) is 4.74 Å². The Morgan fingerprint density at radius 1 is 1.28 bits per heavy atom. The molecule has 1 heterocycles. The van der Waals surface area contributed by atoms with Crippen LogP contribution in [-0.2, 0) is 13.0 Å². The van der Waals surface area contributed by atoms with Crippen molar-refractivity contribution in [2.75, 3.05) is 6.54 Å². The molecule has 1 aromatic carbocycles. The Kier molecular flexibility index (Phi) is 3.06. The van der Waals surface area contributed by atoms with E-state index in [0.29, 0.717) is 11.5 Å². The molecule has 1 aliphatic carbocycles. The van der Waals surface area contributed by atoms with Crippen LogP contribution >= 0.6 is 0 Å². The van der Waals surface area contributed by atoms with Crippen molar-refractivity contribution in [1.82, 2.24) is 5.32 Å². The summed E-state index contributed by atoms with van der Waals surface area (Å²) in [5.74, 6) is 1.07. The molecule has 0 amide bonds. The van der Waals surface area contributed by atoms with Gasteiger partial charge in [-0.2, -0.15) is 0 Å². The van der Waals surface area contributed by atoms with Crippen molar-refractivity contribution in [3.8, 4) is 5.75 Å². The Bertz CT molecular complexity index is 439. The molecule has 98 valence electrons. The second-order valence-electron chi connectivity index (χ2n) is 6.50. The van der Waals surface area contributed by atoms with Gasteiger partial charge in [-0.25, -0.2) is 0 Å². The van der Waals surface area contributed by atoms with Gasteiger partial charge in [-0.05, 0) is 60.9 Å². The van der Waals surface area contributed by atoms with E-state index >= 15 is 0 Å². The lowest BCUT2D eigenvalue weighted by Crippen LogP contribution is -2.23. The summed E-state index contributed by atoms with van der Waals surface area (Å²) in [6.45, 7) is 6.78. The summed E-state index contributed by atoms with van der Waals surface area (Å²) in [7, 11) is 0. The molecule has 0 spiro atoms. The quantitative estimate of drug-likeness (QED) is 0.863. The second-order valence-corrected chi connectivity index (χ2v) is 6.50. The summed E-state index contributed by atoms with van der Waals surface area (Å²) >= 11 is 0. The summed E-state index contributed by atoms with van der Waals surface area (Å²) in [5.41, 5.74) is 3.35. The van der Waals surface area contributed by atoms with Gasteiger partial charge in [0.25, 0.3) is 0 Å². The predicted molar refractivity (Wildman–Crippen MR) is 73.9 cm³/mol. The SMILES string of the molecule is CC1(C)CCC(Oc2ccc3c(c2)CCNC3)C1. The molecule has 1 atom stereocenters. The van der Waals surface area contributed by atoms with Crippen molar-refractivity contribution >= 4 is 0 Å². The molecule has 0 aromatic heterocycles. The Morgan fingerprint density at radius 2 is 2.17 bits per heavy atom. The standard InChI is InChI=1S/C16H23NO/c1-16(2)7-5-15(10-16)18-14-4-3-13-11-17-8-6-12(13)9-14/h3-4,9,15,17H,5-8,10-11H2,1-2H3. The van der Waals surface area contributed by atoms with E-state index in [-0.39, 0.29) is 0 Å². The maximum Gasteiger partial charge on any atom is 0.120 e. The number of nitrogens with one attached hydrogen (secondary N) is 1. The molecule has 2 nitrogen and oxygen atoms in total. The van der Waals surface area contributed by atoms with Crippen LogP contribution in [0.25, 0.3) is 0 Å². The van der Waals surface area contributed by atoms with Crippen molar-refractivity contribution in [3.05, 3.63) is 29.3 Å². The van der Waals surface area contributed by atoms with Crippen molar-refractivity contribution in [1.29, 1.82) is 0 Å². The highest BCUT2D eigenvalue weighted by molar-refractivity contribution is 5.37. The molecule has 0 radical (unpaired) electrons. The van der Waals surface area contributed by atoms with Gasteiger partial charge in [0.1, 0.15) is 5.75 Å². The minimum absolute atomic E-state index is 0.416. The van der Waals surface area contributed by atoms with Gasteiger partial charge in [0.15, 0.2) is 0 Å². The van der Waals surface area contributed by atoms with Crippen LogP contribution in [0, 0.1) is 5.41 Å². The van der Waals surface area contributed by atoms with Crippen LogP contribution in [0.2, 0.25) is 0 Å². The molecule has 2 heteroatoms. The van der Waals surface area contributed by atoms with E-state index < -0.39 is 0 Å². The highest BCUT2D eigenvalue weighted by atomic mass is 16.5. The molecule has 1 aromatic rings. The molecule has 1 unspecified atom stereocenters. The highest BCUT2D eigenvalue weighted by Crippen LogP contribution is 2.39. The van der Waals surface area contributed by atoms with Crippen molar-refractivity contribution in [2.45, 2.75) is 52.2 Å². The lowest BCUT2D eigenvalue weighted by molar-refractivity contribution is 0.193. The summed E-state index contributed by atoms with van der Waals surface area (Å²) in [6.07, 6.45) is 5.21. The fourth-order valence-corrected chi connectivity index (χ4v) is 3.19. The van der Waals surface area contributed by atoms with Gasteiger partial charge < -0.3 is 10.1 Å². The van der Waals surface area contributed by atoms with E-state index in [2.05, 4.69) is 37.4 Å². The molecule has 1 fully saturated rings. The lowest BCUT2D eigenvalue weighted by atomic mass is 9.92. The highest BCUT2D eigenvalue weighted by Gasteiger charge is 2.32. The molecule has 2 aliphatic rings. The Labute approximate surface area is 110 Å². The van der Waals surface area contributed by atoms with E-state index in [0.717, 1.165) is 25.3 Å². The molecular weight excluding hydrogens is 222 g/mol. The minimum Gasteiger partial charge on any atom is -0.490 e. The van der Waals surface area contributed by atoms with Crippen LogP contribution < -0.4 is 10.1 Å². The average molecular weight is 245 g/mol. The van der Waals surface area contributed by atoms with Gasteiger partial charge in [-0.3, -0.25) is 0 Å². The zero-order valence-corrected chi connectivity index (χ0v) is 11.5. The van der Waals surface area contributed by atoms with Crippen molar-refractivity contribution in [3.63, 3.8) is 0 Å². The topological polar surface area (TPSA) is 21.3 Å². The van der Waals surface area contributed by atoms with Crippen LogP contribution in [0.3, 0.4) is 0 Å². The molecule has 18 heavy (non-hydrogen) atoms. The molecule has 1 saturated carbocycles. The van der Waals surface area contributed by atoms with Crippen LogP contribution in [0.1, 0.15) is 44.2 Å². The van der Waals surface area contributed by atoms with Gasteiger partial charge in [-0.15, -0.1) is 0 Å². The normalized spacial score (nSPS) is 25.8. The summed E-state index contributed by atoms with van der Waals surface area (Å²) < 4.78 is 6.16. The maximum atomic E-state index is 6.16. The first-order valence-corrected chi connectivity index (χ1v) is 7.12. The van der Waals surface area contributed by atoms with Crippen molar-refractivity contribution < 1.29 is 4.74 Å². The van der Waals surface area contributed by atoms with Gasteiger partial charge >= 0.3 is 0 Å². The molecule has 1 aliphatic heterocycles. The molecule has 0 bridgehead atoms. The first-order chi connectivity index (χ1) is 8.62. The van der Waals surface area contributed by atoms with Crippen LogP contribution in [-0.4, -0.2) is 12.6 Å². The Morgan fingerprint density at radius 3 is 2.94 bits per heavy atom. The number of ether oxygens (including phenoxy) is 1. The predicted octanol–water partition coefficient (Wildman–Crippen LogP) is 3.29. The van der Waals surface area contributed by atoms with Crippen LogP contribution in [0.5, 0.6) is 5.75 Å². The summed E-state index contributed by atoms with van der Waals surface area (Å²) in [4.78, 5) is 0. The number of hydrogen-bond donors (Lipinski definition) is 1. The Balaban J connectivity index is 1.70. The van der Waals surface area contributed by atoms with E-state index in [1.165, 1.54) is 30.4 Å². The monoisotopic (exact) mass is 245 g/mol. The first kappa shape index (κ1) is 12.0. The van der Waals surface area contributed by atoms with Gasteiger partial charge in [0, 0.05) is 6.54 Å². The van der Waals surface area contributed by atoms with Gasteiger partial charge in [-0.1, -0.05) is 19.9 Å². The largest absolute Gasteiger partial charge is 0.490 e. The average Bonchev–Trinajstić information content (AvgIpc) is 2.68. The molecular formula is C16H23NO. The third-order valence-corrected chi connectivity index (χ3v) is 4.29. The first-order valence-electron chi connectivity index (χ1n) is 7.12. The summed E-state index contributed by atoms with van der Waals surface area (Å²) in [5, 5.41) is 3.40. The number of rotatable bonds is 2. The smallest absolute Gasteiger partial charge is 0.120 e. The van der Waals surface area contributed by atoms with E-state index in [9.17, 15) is 0 Å². The number of hydrogen-bond acceptors (Lipinski definition) is 2. The van der Waals surface area contributed by atoms with Crippen LogP contribution in [0.15, 0.2) is 18.2 Å². The van der Waals surface area contributed by atoms with Gasteiger partial charge in [0.05, 0.1) is 6.10 Å². The maximum absolute atomic E-state index is 6.16. The lowest BCUT2D eigenvalue weighted by Gasteiger charge is -2.21. The van der Waals surface area contributed by atoms with Gasteiger partial charge in [0.2, 0.25) is 0 Å². The van der Waals surface area contributed by atoms with Crippen LogP contribution in [0.4, 0.5) is 0 Å². The number of benzene rings is 1. The zero-order chi connectivity index (χ0) is 12.6. The van der Waals surface area contributed by atoms with E-state index in [1.807, 2.05) is 0 Å². The molecule has 3 rings (SSSR count). The fraction of sp³-hybridized carbons (Fsp3) is 0.625. The third-order valence-electron chi connectivity index (χ3n) is 4.29. The summed E-state index contributed by atoms with van der Waals surface area (Å²) in [6, 6.07) is 6.61. The molecule has 1 N–H and O–H groups in total. The Hall–Kier alpha value is -1.02. The zero-order valence-electron chi connectivity index (χ0n) is 11.5. The fourth-order valence-electron chi connectivity index (χ4n) is 3.19. The number of fused-ring (bicyclic) bond motifs is 1. The third kappa shape index (κ3) is 2.54. The second kappa shape index (κ2) is 4.58. The van der Waals surface area contributed by atoms with E-state index in [1.54, 1.807) is 0 Å². The van der Waals surface area contributed by atoms with Crippen molar-refractivity contribution in [2.24, 2.45) is 5.41 Å². The molecule has 0 saturated heterocycles. The minimum atomic E-state index is 0.416.